The topological polar surface area (TPSA) is 46.5 Å². The Kier molecular flexibility index (Phi) is 11.2. The lowest BCUT2D eigenvalue weighted by Gasteiger charge is -2.06. The lowest BCUT2D eigenvalue weighted by Crippen LogP contribution is -2.13. The van der Waals surface area contributed by atoms with Crippen LogP contribution >= 0.6 is 0 Å². The van der Waals surface area contributed by atoms with E-state index in [1.165, 1.54) is 26.2 Å². The Morgan fingerprint density at radius 1 is 1.17 bits per heavy atom. The molecule has 1 N–H and O–H groups in total. The van der Waals surface area contributed by atoms with E-state index in [0.717, 1.165) is 6.42 Å². The molecule has 0 fully saturated rings. The van der Waals surface area contributed by atoms with Crippen molar-refractivity contribution in [2.24, 2.45) is 0 Å². The number of rotatable bonds is 9. The minimum atomic E-state index is -1.04. The molecule has 0 saturated carbocycles. The number of aliphatic hydroxyl groups excluding tert-OH is 1. The Labute approximate surface area is 110 Å². The second-order valence-corrected chi connectivity index (χ2v) is 4.04. The molecule has 0 aromatic carbocycles. The zero-order valence-corrected chi connectivity index (χ0v) is 11.3. The van der Waals surface area contributed by atoms with Gasteiger partial charge >= 0.3 is 5.97 Å². The number of esters is 1. The van der Waals surface area contributed by atoms with Crippen LogP contribution < -0.4 is 0 Å². The number of hydrogen-bond acceptors (Lipinski definition) is 3. The number of ether oxygens (including phenoxy) is 1. The van der Waals surface area contributed by atoms with Gasteiger partial charge in [-0.3, -0.25) is 4.79 Å². The standard InChI is InChI=1S/C15H24O3/c1-3-4-5-6-7-8-9-10-11-12-13-15(17)18-14(2)16/h7-12,15,17H,3-6,13H2,1-2H3/b8-7+,10-9+,12-11+. The molecule has 102 valence electrons. The molecular formula is C15H24O3. The first-order valence-electron chi connectivity index (χ1n) is 6.50. The molecule has 0 radical (unpaired) electrons. The molecule has 1 unspecified atom stereocenters. The molecule has 0 amide bonds. The largest absolute Gasteiger partial charge is 0.436 e. The highest BCUT2D eigenvalue weighted by Crippen LogP contribution is 2.00. The van der Waals surface area contributed by atoms with Gasteiger partial charge in [-0.1, -0.05) is 56.2 Å². The molecule has 1 atom stereocenters. The van der Waals surface area contributed by atoms with Crippen molar-refractivity contribution in [3.05, 3.63) is 36.5 Å². The second kappa shape index (κ2) is 12.1. The summed E-state index contributed by atoms with van der Waals surface area (Å²) in [5.74, 6) is -0.471. The van der Waals surface area contributed by atoms with Gasteiger partial charge in [-0.25, -0.2) is 0 Å². The van der Waals surface area contributed by atoms with Crippen molar-refractivity contribution in [3.63, 3.8) is 0 Å². The van der Waals surface area contributed by atoms with E-state index < -0.39 is 12.3 Å². The fourth-order valence-corrected chi connectivity index (χ4v) is 1.33. The van der Waals surface area contributed by atoms with Gasteiger partial charge in [0.05, 0.1) is 0 Å². The third-order valence-electron chi connectivity index (χ3n) is 2.22. The number of allylic oxidation sites excluding steroid dienone is 5. The predicted molar refractivity (Wildman–Crippen MR) is 74.0 cm³/mol. The highest BCUT2D eigenvalue weighted by Gasteiger charge is 2.02. The quantitative estimate of drug-likeness (QED) is 0.296. The first-order chi connectivity index (χ1) is 8.66. The predicted octanol–water partition coefficient (Wildman–Crippen LogP) is 3.51. The van der Waals surface area contributed by atoms with Crippen LogP contribution in [0.3, 0.4) is 0 Å². The minimum absolute atomic E-state index is 0.310. The summed E-state index contributed by atoms with van der Waals surface area (Å²) >= 11 is 0. The SMILES string of the molecule is CCCCC/C=C/C=C/C=C/CC(O)OC(C)=O. The fraction of sp³-hybridized carbons (Fsp3) is 0.533. The van der Waals surface area contributed by atoms with Crippen LogP contribution in [-0.4, -0.2) is 17.4 Å². The van der Waals surface area contributed by atoms with Gasteiger partial charge in [0.25, 0.3) is 0 Å². The molecule has 3 heteroatoms. The highest BCUT2D eigenvalue weighted by molar-refractivity contribution is 5.66. The molecule has 18 heavy (non-hydrogen) atoms. The van der Waals surface area contributed by atoms with Crippen molar-refractivity contribution >= 4 is 5.97 Å². The van der Waals surface area contributed by atoms with Crippen molar-refractivity contribution in [2.45, 2.75) is 52.2 Å². The van der Waals surface area contributed by atoms with E-state index in [4.69, 9.17) is 0 Å². The molecule has 0 spiro atoms. The van der Waals surface area contributed by atoms with Gasteiger partial charge in [0.2, 0.25) is 6.29 Å². The minimum Gasteiger partial charge on any atom is -0.436 e. The number of hydrogen-bond donors (Lipinski definition) is 1. The number of unbranched alkanes of at least 4 members (excludes halogenated alkanes) is 3. The van der Waals surface area contributed by atoms with Crippen LogP contribution in [0.4, 0.5) is 0 Å². The van der Waals surface area contributed by atoms with Crippen LogP contribution in [0.1, 0.15) is 46.0 Å². The van der Waals surface area contributed by atoms with E-state index in [-0.39, 0.29) is 0 Å². The lowest BCUT2D eigenvalue weighted by atomic mass is 10.2. The van der Waals surface area contributed by atoms with E-state index >= 15 is 0 Å². The smallest absolute Gasteiger partial charge is 0.304 e. The fourth-order valence-electron chi connectivity index (χ4n) is 1.33. The summed E-state index contributed by atoms with van der Waals surface area (Å²) in [4.78, 5) is 10.5. The molecule has 0 bridgehead atoms. The monoisotopic (exact) mass is 252 g/mol. The molecular weight excluding hydrogens is 228 g/mol. The zero-order valence-electron chi connectivity index (χ0n) is 11.3. The molecule has 3 nitrogen and oxygen atoms in total. The number of aliphatic hydroxyl groups is 1. The van der Waals surface area contributed by atoms with Crippen LogP contribution in [0.15, 0.2) is 36.5 Å². The molecule has 0 aliphatic carbocycles. The maximum atomic E-state index is 10.5. The van der Waals surface area contributed by atoms with E-state index in [9.17, 15) is 9.90 Å². The summed E-state index contributed by atoms with van der Waals surface area (Å²) in [5.41, 5.74) is 0. The summed E-state index contributed by atoms with van der Waals surface area (Å²) in [6, 6.07) is 0. The molecule has 0 saturated heterocycles. The Balaban J connectivity index is 3.59. The van der Waals surface area contributed by atoms with Crippen LogP contribution in [0, 0.1) is 0 Å². The molecule has 0 aliphatic heterocycles. The molecule has 0 aliphatic rings. The van der Waals surface area contributed by atoms with E-state index in [1.807, 2.05) is 24.3 Å². The highest BCUT2D eigenvalue weighted by atomic mass is 16.6. The summed E-state index contributed by atoms with van der Waals surface area (Å²) in [6.07, 6.45) is 15.7. The first-order valence-corrected chi connectivity index (χ1v) is 6.50. The van der Waals surface area contributed by atoms with Crippen molar-refractivity contribution in [1.82, 2.24) is 0 Å². The summed E-state index contributed by atoms with van der Waals surface area (Å²) in [5, 5.41) is 9.21. The summed E-state index contributed by atoms with van der Waals surface area (Å²) in [7, 11) is 0. The first kappa shape index (κ1) is 16.6. The van der Waals surface area contributed by atoms with Gasteiger partial charge in [-0.15, -0.1) is 0 Å². The Hall–Kier alpha value is -1.35. The van der Waals surface area contributed by atoms with Gasteiger partial charge in [0, 0.05) is 13.3 Å². The number of carbonyl (C=O) groups excluding carboxylic acids is 1. The Morgan fingerprint density at radius 2 is 1.83 bits per heavy atom. The molecule has 0 heterocycles. The maximum Gasteiger partial charge on any atom is 0.304 e. The maximum absolute atomic E-state index is 10.5. The normalized spacial score (nSPS) is 13.7. The van der Waals surface area contributed by atoms with Crippen molar-refractivity contribution < 1.29 is 14.6 Å². The average molecular weight is 252 g/mol. The lowest BCUT2D eigenvalue weighted by molar-refractivity contribution is -0.164. The van der Waals surface area contributed by atoms with Crippen LogP contribution in [0.5, 0.6) is 0 Å². The van der Waals surface area contributed by atoms with Gasteiger partial charge in [0.1, 0.15) is 0 Å². The van der Waals surface area contributed by atoms with E-state index in [1.54, 1.807) is 6.08 Å². The second-order valence-electron chi connectivity index (χ2n) is 4.04. The van der Waals surface area contributed by atoms with Crippen molar-refractivity contribution in [3.8, 4) is 0 Å². The van der Waals surface area contributed by atoms with Gasteiger partial charge < -0.3 is 9.84 Å². The van der Waals surface area contributed by atoms with Gasteiger partial charge in [-0.2, -0.15) is 0 Å². The van der Waals surface area contributed by atoms with Gasteiger partial charge in [0.15, 0.2) is 0 Å². The van der Waals surface area contributed by atoms with Gasteiger partial charge in [-0.05, 0) is 12.8 Å². The van der Waals surface area contributed by atoms with E-state index in [0.29, 0.717) is 6.42 Å². The third kappa shape index (κ3) is 12.7. The van der Waals surface area contributed by atoms with Crippen LogP contribution in [0.25, 0.3) is 0 Å². The molecule has 0 aromatic rings. The molecule has 0 rings (SSSR count). The summed E-state index contributed by atoms with van der Waals surface area (Å²) < 4.78 is 4.56. The average Bonchev–Trinajstić information content (AvgIpc) is 2.30. The Morgan fingerprint density at radius 3 is 2.44 bits per heavy atom. The third-order valence-corrected chi connectivity index (χ3v) is 2.22. The summed E-state index contributed by atoms with van der Waals surface area (Å²) in [6.45, 7) is 3.47. The van der Waals surface area contributed by atoms with Crippen molar-refractivity contribution in [1.29, 1.82) is 0 Å². The van der Waals surface area contributed by atoms with Crippen LogP contribution in [0.2, 0.25) is 0 Å². The van der Waals surface area contributed by atoms with Crippen molar-refractivity contribution in [2.75, 3.05) is 0 Å². The van der Waals surface area contributed by atoms with E-state index in [2.05, 4.69) is 17.7 Å². The molecule has 0 aromatic heterocycles. The number of carbonyl (C=O) groups is 1. The zero-order chi connectivity index (χ0) is 13.6. The van der Waals surface area contributed by atoms with Crippen LogP contribution in [-0.2, 0) is 9.53 Å². The Bertz CT molecular complexity index is 290.